The Balaban J connectivity index is 2.26. The van der Waals surface area contributed by atoms with Gasteiger partial charge in [0.1, 0.15) is 11.6 Å². The summed E-state index contributed by atoms with van der Waals surface area (Å²) >= 11 is 0. The standard InChI is InChI=1S/C15H16FNO2/c1-2-4-13-7-11(10-18)8-15(17-13)19-14-6-3-5-12(16)9-14/h3,5-9,18H,2,4,10H2,1H3. The summed E-state index contributed by atoms with van der Waals surface area (Å²) in [6.45, 7) is 1.99. The van der Waals surface area contributed by atoms with Crippen LogP contribution in [0, 0.1) is 5.82 Å². The van der Waals surface area contributed by atoms with E-state index in [9.17, 15) is 9.50 Å². The average molecular weight is 261 g/mol. The summed E-state index contributed by atoms with van der Waals surface area (Å²) in [6.07, 6.45) is 1.77. The van der Waals surface area contributed by atoms with Gasteiger partial charge in [-0.05, 0) is 30.2 Å². The lowest BCUT2D eigenvalue weighted by Gasteiger charge is -2.08. The topological polar surface area (TPSA) is 42.4 Å². The predicted octanol–water partition coefficient (Wildman–Crippen LogP) is 3.46. The highest BCUT2D eigenvalue weighted by Gasteiger charge is 2.05. The molecule has 4 heteroatoms. The van der Waals surface area contributed by atoms with Crippen LogP contribution in [0.25, 0.3) is 0 Å². The zero-order valence-electron chi connectivity index (χ0n) is 10.8. The van der Waals surface area contributed by atoms with Gasteiger partial charge in [-0.3, -0.25) is 0 Å². The van der Waals surface area contributed by atoms with Gasteiger partial charge in [0, 0.05) is 17.8 Å². The largest absolute Gasteiger partial charge is 0.439 e. The molecule has 100 valence electrons. The first-order valence-corrected chi connectivity index (χ1v) is 6.25. The molecule has 0 saturated heterocycles. The Morgan fingerprint density at radius 3 is 2.79 bits per heavy atom. The Kier molecular flexibility index (Phi) is 4.47. The van der Waals surface area contributed by atoms with Gasteiger partial charge in [-0.2, -0.15) is 0 Å². The van der Waals surface area contributed by atoms with Crippen LogP contribution in [0.4, 0.5) is 4.39 Å². The maximum atomic E-state index is 13.1. The number of aryl methyl sites for hydroxylation is 1. The van der Waals surface area contributed by atoms with Crippen molar-refractivity contribution >= 4 is 0 Å². The minimum absolute atomic E-state index is 0.0707. The summed E-state index contributed by atoms with van der Waals surface area (Å²) in [5.41, 5.74) is 1.60. The third-order valence-electron chi connectivity index (χ3n) is 2.62. The van der Waals surface area contributed by atoms with Gasteiger partial charge in [0.15, 0.2) is 0 Å². The lowest BCUT2D eigenvalue weighted by atomic mass is 10.2. The number of aromatic nitrogens is 1. The van der Waals surface area contributed by atoms with Crippen LogP contribution in [0.1, 0.15) is 24.6 Å². The molecule has 0 aliphatic carbocycles. The predicted molar refractivity (Wildman–Crippen MR) is 70.6 cm³/mol. The van der Waals surface area contributed by atoms with Gasteiger partial charge in [0.2, 0.25) is 5.88 Å². The van der Waals surface area contributed by atoms with E-state index < -0.39 is 0 Å². The van der Waals surface area contributed by atoms with Crippen molar-refractivity contribution in [2.45, 2.75) is 26.4 Å². The second kappa shape index (κ2) is 6.29. The highest BCUT2D eigenvalue weighted by Crippen LogP contribution is 2.22. The molecule has 0 bridgehead atoms. The summed E-state index contributed by atoms with van der Waals surface area (Å²) < 4.78 is 18.6. The zero-order valence-corrected chi connectivity index (χ0v) is 10.8. The van der Waals surface area contributed by atoms with Gasteiger partial charge in [-0.1, -0.05) is 19.4 Å². The fourth-order valence-electron chi connectivity index (χ4n) is 1.80. The average Bonchev–Trinajstić information content (AvgIpc) is 2.39. The second-order valence-corrected chi connectivity index (χ2v) is 4.27. The van der Waals surface area contributed by atoms with E-state index in [-0.39, 0.29) is 12.4 Å². The summed E-state index contributed by atoms with van der Waals surface area (Å²) in [5.74, 6) is 0.412. The molecule has 2 aromatic rings. The molecule has 19 heavy (non-hydrogen) atoms. The molecular weight excluding hydrogens is 245 g/mol. The van der Waals surface area contributed by atoms with Gasteiger partial charge in [-0.15, -0.1) is 0 Å². The number of rotatable bonds is 5. The second-order valence-electron chi connectivity index (χ2n) is 4.27. The monoisotopic (exact) mass is 261 g/mol. The number of nitrogens with zero attached hydrogens (tertiary/aromatic N) is 1. The van der Waals surface area contributed by atoms with Gasteiger partial charge >= 0.3 is 0 Å². The molecule has 2 rings (SSSR count). The van der Waals surface area contributed by atoms with Crippen molar-refractivity contribution in [2.75, 3.05) is 0 Å². The van der Waals surface area contributed by atoms with Crippen molar-refractivity contribution in [3.05, 3.63) is 53.5 Å². The summed E-state index contributed by atoms with van der Waals surface area (Å²) in [4.78, 5) is 4.34. The minimum atomic E-state index is -0.357. The van der Waals surface area contributed by atoms with Gasteiger partial charge in [0.25, 0.3) is 0 Å². The molecule has 0 radical (unpaired) electrons. The molecule has 0 aliphatic rings. The van der Waals surface area contributed by atoms with E-state index in [2.05, 4.69) is 11.9 Å². The van der Waals surface area contributed by atoms with Gasteiger partial charge in [-0.25, -0.2) is 9.37 Å². The van der Waals surface area contributed by atoms with E-state index in [0.717, 1.165) is 24.1 Å². The Labute approximate surface area is 111 Å². The number of halogens is 1. The molecule has 1 heterocycles. The van der Waals surface area contributed by atoms with E-state index >= 15 is 0 Å². The summed E-state index contributed by atoms with van der Waals surface area (Å²) in [5, 5.41) is 9.22. The number of benzene rings is 1. The van der Waals surface area contributed by atoms with Crippen molar-refractivity contribution in [1.82, 2.24) is 4.98 Å². The molecule has 0 saturated carbocycles. The third-order valence-corrected chi connectivity index (χ3v) is 2.62. The van der Waals surface area contributed by atoms with Crippen LogP contribution >= 0.6 is 0 Å². The summed E-state index contributed by atoms with van der Waals surface area (Å²) in [6, 6.07) is 9.40. The number of ether oxygens (including phenoxy) is 1. The van der Waals surface area contributed by atoms with E-state index in [4.69, 9.17) is 4.74 Å². The highest BCUT2D eigenvalue weighted by molar-refractivity contribution is 5.31. The van der Waals surface area contributed by atoms with Crippen LogP contribution in [-0.2, 0) is 13.0 Å². The Morgan fingerprint density at radius 1 is 1.26 bits per heavy atom. The third kappa shape index (κ3) is 3.76. The van der Waals surface area contributed by atoms with E-state index in [1.165, 1.54) is 12.1 Å². The quantitative estimate of drug-likeness (QED) is 0.896. The first-order chi connectivity index (χ1) is 9.21. The van der Waals surface area contributed by atoms with Crippen LogP contribution in [0.5, 0.6) is 11.6 Å². The molecule has 0 unspecified atom stereocenters. The maximum Gasteiger partial charge on any atom is 0.219 e. The SMILES string of the molecule is CCCc1cc(CO)cc(Oc2cccc(F)c2)n1. The smallest absolute Gasteiger partial charge is 0.219 e. The molecular formula is C15H16FNO2. The van der Waals surface area contributed by atoms with E-state index in [1.54, 1.807) is 18.2 Å². The lowest BCUT2D eigenvalue weighted by Crippen LogP contribution is -1.97. The Hall–Kier alpha value is -1.94. The Bertz CT molecular complexity index is 558. The summed E-state index contributed by atoms with van der Waals surface area (Å²) in [7, 11) is 0. The first-order valence-electron chi connectivity index (χ1n) is 6.25. The molecule has 0 fully saturated rings. The number of aliphatic hydroxyl groups is 1. The Morgan fingerprint density at radius 2 is 2.11 bits per heavy atom. The molecule has 1 aromatic heterocycles. The number of hydrogen-bond donors (Lipinski definition) is 1. The number of hydrogen-bond acceptors (Lipinski definition) is 3. The molecule has 0 spiro atoms. The van der Waals surface area contributed by atoms with Crippen molar-refractivity contribution in [2.24, 2.45) is 0 Å². The maximum absolute atomic E-state index is 13.1. The van der Waals surface area contributed by atoms with Crippen molar-refractivity contribution in [3.8, 4) is 11.6 Å². The number of aliphatic hydroxyl groups excluding tert-OH is 1. The minimum Gasteiger partial charge on any atom is -0.439 e. The van der Waals surface area contributed by atoms with Crippen LogP contribution in [0.15, 0.2) is 36.4 Å². The van der Waals surface area contributed by atoms with Crippen molar-refractivity contribution in [3.63, 3.8) is 0 Å². The van der Waals surface area contributed by atoms with Crippen LogP contribution in [-0.4, -0.2) is 10.1 Å². The highest BCUT2D eigenvalue weighted by atomic mass is 19.1. The zero-order chi connectivity index (χ0) is 13.7. The molecule has 3 nitrogen and oxygen atoms in total. The fourth-order valence-corrected chi connectivity index (χ4v) is 1.80. The van der Waals surface area contributed by atoms with Gasteiger partial charge in [0.05, 0.1) is 6.61 Å². The molecule has 0 amide bonds. The fraction of sp³-hybridized carbons (Fsp3) is 0.267. The molecule has 0 aliphatic heterocycles. The van der Waals surface area contributed by atoms with Crippen LogP contribution in [0.3, 0.4) is 0 Å². The van der Waals surface area contributed by atoms with Crippen LogP contribution in [0.2, 0.25) is 0 Å². The normalized spacial score (nSPS) is 10.5. The molecule has 0 atom stereocenters. The first kappa shape index (κ1) is 13.5. The lowest BCUT2D eigenvalue weighted by molar-refractivity contribution is 0.280. The number of pyridine rings is 1. The van der Waals surface area contributed by atoms with Gasteiger partial charge < -0.3 is 9.84 Å². The van der Waals surface area contributed by atoms with Crippen molar-refractivity contribution in [1.29, 1.82) is 0 Å². The van der Waals surface area contributed by atoms with E-state index in [1.807, 2.05) is 6.07 Å². The van der Waals surface area contributed by atoms with E-state index in [0.29, 0.717) is 11.6 Å². The van der Waals surface area contributed by atoms with Crippen LogP contribution < -0.4 is 4.74 Å². The molecule has 1 N–H and O–H groups in total. The van der Waals surface area contributed by atoms with Crippen molar-refractivity contribution < 1.29 is 14.2 Å². The molecule has 1 aromatic carbocycles.